The number of benzene rings is 1. The van der Waals surface area contributed by atoms with Gasteiger partial charge in [0.05, 0.1) is 10.9 Å². The highest BCUT2D eigenvalue weighted by atomic mass is 16.2. The molecule has 1 fully saturated rings. The Hall–Kier alpha value is -2.37. The normalized spacial score (nSPS) is 15.2. The lowest BCUT2D eigenvalue weighted by Gasteiger charge is -2.13. The average molecular weight is 343 g/mol. The maximum Gasteiger partial charge on any atom is 0.329 e. The molecule has 1 aromatic heterocycles. The van der Waals surface area contributed by atoms with E-state index >= 15 is 0 Å². The molecule has 0 aliphatic heterocycles. The molecule has 1 aromatic carbocycles. The summed E-state index contributed by atoms with van der Waals surface area (Å²) in [7, 11) is 0. The number of hydrogen-bond acceptors (Lipinski definition) is 3. The molecule has 2 aromatic rings. The van der Waals surface area contributed by atoms with Crippen LogP contribution in [0.4, 0.5) is 0 Å². The van der Waals surface area contributed by atoms with Crippen LogP contribution in [0, 0.1) is 5.92 Å². The SMILES string of the molecule is CC(C)CCNC(=O)c1ccc2c(=O)n(C3CCCC3)c(=O)[nH]c2c1. The van der Waals surface area contributed by atoms with E-state index in [9.17, 15) is 14.4 Å². The summed E-state index contributed by atoms with van der Waals surface area (Å²) in [6.07, 6.45) is 4.73. The van der Waals surface area contributed by atoms with E-state index < -0.39 is 0 Å². The Kier molecular flexibility index (Phi) is 5.06. The van der Waals surface area contributed by atoms with Crippen molar-refractivity contribution in [2.75, 3.05) is 6.54 Å². The average Bonchev–Trinajstić information content (AvgIpc) is 3.08. The number of nitrogens with zero attached hydrogens (tertiary/aromatic N) is 1. The third-order valence-corrected chi connectivity index (χ3v) is 4.89. The van der Waals surface area contributed by atoms with E-state index in [-0.39, 0.29) is 23.2 Å². The van der Waals surface area contributed by atoms with Crippen molar-refractivity contribution in [2.24, 2.45) is 5.92 Å². The van der Waals surface area contributed by atoms with Gasteiger partial charge in [-0.25, -0.2) is 4.79 Å². The number of nitrogens with one attached hydrogen (secondary N) is 2. The van der Waals surface area contributed by atoms with Gasteiger partial charge in [-0.3, -0.25) is 14.2 Å². The van der Waals surface area contributed by atoms with E-state index in [2.05, 4.69) is 24.1 Å². The molecule has 0 spiro atoms. The molecule has 6 nitrogen and oxygen atoms in total. The predicted octanol–water partition coefficient (Wildman–Crippen LogP) is 2.58. The van der Waals surface area contributed by atoms with E-state index in [1.165, 1.54) is 4.57 Å². The van der Waals surface area contributed by atoms with Gasteiger partial charge in [0.2, 0.25) is 0 Å². The topological polar surface area (TPSA) is 84.0 Å². The Morgan fingerprint density at radius 1 is 1.28 bits per heavy atom. The standard InChI is InChI=1S/C19H25N3O3/c1-12(2)9-10-20-17(23)13-7-8-15-16(11-13)21-19(25)22(18(15)24)14-5-3-4-6-14/h7-8,11-12,14H,3-6,9-10H2,1-2H3,(H,20,23)(H,21,25). The van der Waals surface area contributed by atoms with Crippen molar-refractivity contribution in [2.45, 2.75) is 52.0 Å². The minimum Gasteiger partial charge on any atom is -0.352 e. The highest BCUT2D eigenvalue weighted by Crippen LogP contribution is 2.27. The van der Waals surface area contributed by atoms with Crippen LogP contribution in [0.25, 0.3) is 10.9 Å². The van der Waals surface area contributed by atoms with Gasteiger partial charge in [-0.2, -0.15) is 0 Å². The first-order valence-electron chi connectivity index (χ1n) is 9.04. The third-order valence-electron chi connectivity index (χ3n) is 4.89. The lowest BCUT2D eigenvalue weighted by molar-refractivity contribution is 0.0952. The zero-order chi connectivity index (χ0) is 18.0. The van der Waals surface area contributed by atoms with Crippen molar-refractivity contribution >= 4 is 16.8 Å². The first-order valence-corrected chi connectivity index (χ1v) is 9.04. The molecule has 2 N–H and O–H groups in total. The number of fused-ring (bicyclic) bond motifs is 1. The molecule has 1 heterocycles. The Bertz CT molecular complexity index is 889. The van der Waals surface area contributed by atoms with Gasteiger partial charge in [0, 0.05) is 18.2 Å². The molecule has 3 rings (SSSR count). The van der Waals surface area contributed by atoms with Crippen molar-refractivity contribution < 1.29 is 4.79 Å². The summed E-state index contributed by atoms with van der Waals surface area (Å²) in [6, 6.07) is 4.85. The van der Waals surface area contributed by atoms with Crippen LogP contribution in [0.3, 0.4) is 0 Å². The van der Waals surface area contributed by atoms with Crippen LogP contribution in [-0.4, -0.2) is 22.0 Å². The van der Waals surface area contributed by atoms with E-state index in [1.807, 2.05) is 0 Å². The van der Waals surface area contributed by atoms with Crippen molar-refractivity contribution in [1.82, 2.24) is 14.9 Å². The first-order chi connectivity index (χ1) is 12.0. The largest absolute Gasteiger partial charge is 0.352 e. The Balaban J connectivity index is 1.91. The molecule has 0 bridgehead atoms. The van der Waals surface area contributed by atoms with Crippen molar-refractivity contribution in [1.29, 1.82) is 0 Å². The molecule has 0 unspecified atom stereocenters. The summed E-state index contributed by atoms with van der Waals surface area (Å²) < 4.78 is 1.34. The molecule has 1 aliphatic rings. The number of carbonyl (C=O) groups is 1. The molecule has 1 aliphatic carbocycles. The second-order valence-corrected chi connectivity index (χ2v) is 7.24. The van der Waals surface area contributed by atoms with Gasteiger partial charge in [0.25, 0.3) is 11.5 Å². The number of H-pyrrole nitrogens is 1. The quantitative estimate of drug-likeness (QED) is 0.875. The van der Waals surface area contributed by atoms with Gasteiger partial charge in [0.1, 0.15) is 0 Å². The summed E-state index contributed by atoms with van der Waals surface area (Å²) >= 11 is 0. The second-order valence-electron chi connectivity index (χ2n) is 7.24. The van der Waals surface area contributed by atoms with Crippen LogP contribution in [0.2, 0.25) is 0 Å². The minimum atomic E-state index is -0.387. The van der Waals surface area contributed by atoms with Gasteiger partial charge < -0.3 is 10.3 Å². The molecule has 0 atom stereocenters. The molecule has 0 radical (unpaired) electrons. The Labute approximate surface area is 146 Å². The lowest BCUT2D eigenvalue weighted by atomic mass is 10.1. The molecule has 1 saturated carbocycles. The first kappa shape index (κ1) is 17.5. The van der Waals surface area contributed by atoms with Gasteiger partial charge in [-0.15, -0.1) is 0 Å². The van der Waals surface area contributed by atoms with Crippen LogP contribution in [0.1, 0.15) is 62.4 Å². The fourth-order valence-corrected chi connectivity index (χ4v) is 3.44. The molecular formula is C19H25N3O3. The number of carbonyl (C=O) groups excluding carboxylic acids is 1. The molecule has 25 heavy (non-hydrogen) atoms. The van der Waals surface area contributed by atoms with E-state index in [0.717, 1.165) is 32.1 Å². The van der Waals surface area contributed by atoms with Crippen LogP contribution >= 0.6 is 0 Å². The Morgan fingerprint density at radius 2 is 2.00 bits per heavy atom. The fourth-order valence-electron chi connectivity index (χ4n) is 3.44. The maximum atomic E-state index is 12.7. The monoisotopic (exact) mass is 343 g/mol. The van der Waals surface area contributed by atoms with Crippen LogP contribution in [0.5, 0.6) is 0 Å². The van der Waals surface area contributed by atoms with E-state index in [0.29, 0.717) is 28.9 Å². The van der Waals surface area contributed by atoms with Crippen LogP contribution in [-0.2, 0) is 0 Å². The summed E-state index contributed by atoms with van der Waals surface area (Å²) in [5.41, 5.74) is 0.213. The number of amides is 1. The highest BCUT2D eigenvalue weighted by molar-refractivity contribution is 5.97. The lowest BCUT2D eigenvalue weighted by Crippen LogP contribution is -2.37. The Morgan fingerprint density at radius 3 is 2.68 bits per heavy atom. The number of aromatic nitrogens is 2. The predicted molar refractivity (Wildman–Crippen MR) is 98.1 cm³/mol. The zero-order valence-corrected chi connectivity index (χ0v) is 14.8. The van der Waals surface area contributed by atoms with Gasteiger partial charge >= 0.3 is 5.69 Å². The van der Waals surface area contributed by atoms with E-state index in [4.69, 9.17) is 0 Å². The van der Waals surface area contributed by atoms with Crippen molar-refractivity contribution in [3.8, 4) is 0 Å². The highest BCUT2D eigenvalue weighted by Gasteiger charge is 2.21. The molecule has 1 amide bonds. The molecule has 6 heteroatoms. The third kappa shape index (κ3) is 3.67. The zero-order valence-electron chi connectivity index (χ0n) is 14.8. The van der Waals surface area contributed by atoms with Crippen molar-refractivity contribution in [3.05, 3.63) is 44.6 Å². The van der Waals surface area contributed by atoms with Gasteiger partial charge in [0.15, 0.2) is 0 Å². The minimum absolute atomic E-state index is 0.0142. The number of aromatic amines is 1. The van der Waals surface area contributed by atoms with Gasteiger partial charge in [-0.05, 0) is 43.4 Å². The smallest absolute Gasteiger partial charge is 0.329 e. The van der Waals surface area contributed by atoms with E-state index in [1.54, 1.807) is 18.2 Å². The summed E-state index contributed by atoms with van der Waals surface area (Å²) in [5, 5.41) is 3.32. The number of hydrogen-bond donors (Lipinski definition) is 2. The molecule has 134 valence electrons. The number of rotatable bonds is 5. The summed E-state index contributed by atoms with van der Waals surface area (Å²) in [6.45, 7) is 4.80. The molecular weight excluding hydrogens is 318 g/mol. The second kappa shape index (κ2) is 7.25. The van der Waals surface area contributed by atoms with Crippen LogP contribution < -0.4 is 16.6 Å². The summed E-state index contributed by atoms with van der Waals surface area (Å²) in [4.78, 5) is 40.1. The van der Waals surface area contributed by atoms with Gasteiger partial charge in [-0.1, -0.05) is 26.7 Å². The van der Waals surface area contributed by atoms with Crippen molar-refractivity contribution in [3.63, 3.8) is 0 Å². The maximum absolute atomic E-state index is 12.7. The summed E-state index contributed by atoms with van der Waals surface area (Å²) in [5.74, 6) is 0.325. The fraction of sp³-hybridized carbons (Fsp3) is 0.526. The molecule has 0 saturated heterocycles. The van der Waals surface area contributed by atoms with Crippen LogP contribution in [0.15, 0.2) is 27.8 Å².